The van der Waals surface area contributed by atoms with Crippen LogP contribution in [0.4, 0.5) is 34.6 Å². The number of ether oxygens (including phenoxy) is 1. The van der Waals surface area contributed by atoms with Gasteiger partial charge in [-0.15, -0.1) is 0 Å². The van der Waals surface area contributed by atoms with Crippen LogP contribution in [0, 0.1) is 23.7 Å². The minimum atomic E-state index is -0.968. The van der Waals surface area contributed by atoms with Crippen molar-refractivity contribution in [3.8, 4) is 22.5 Å². The van der Waals surface area contributed by atoms with Gasteiger partial charge >= 0.3 is 11.9 Å². The molecule has 8 heterocycles. The van der Waals surface area contributed by atoms with Crippen LogP contribution in [0.15, 0.2) is 122 Å². The van der Waals surface area contributed by atoms with E-state index in [2.05, 4.69) is 52.7 Å². The van der Waals surface area contributed by atoms with E-state index in [1.54, 1.807) is 64.2 Å². The zero-order valence-corrected chi connectivity index (χ0v) is 34.2. The van der Waals surface area contributed by atoms with Crippen molar-refractivity contribution in [2.75, 3.05) is 53.7 Å². The maximum atomic E-state index is 12.0. The molecule has 4 fully saturated rings. The third-order valence-corrected chi connectivity index (χ3v) is 12.3. The van der Waals surface area contributed by atoms with E-state index in [1.165, 1.54) is 20.0 Å². The summed E-state index contributed by atoms with van der Waals surface area (Å²) in [5.74, 6) is 5.51. The van der Waals surface area contributed by atoms with E-state index in [4.69, 9.17) is 14.7 Å². The number of aromatic nitrogens is 8. The Kier molecular flexibility index (Phi) is 9.39. The van der Waals surface area contributed by atoms with E-state index in [0.29, 0.717) is 28.2 Å². The summed E-state index contributed by atoms with van der Waals surface area (Å²) in [5.41, 5.74) is 6.50. The Morgan fingerprint density at radius 1 is 0.619 bits per heavy atom. The molecule has 0 amide bonds. The SMILES string of the molecule is COC(=O)c1cccc(-c2cc(Nc3cccc(N4CC5CC5C4)n3)c3nccn3n2)c1.O=C(O)c1cccc(-c2cc(Nc3cccc(N4CC5CC5C4)n3)c3nccn3n2)c1. The van der Waals surface area contributed by atoms with E-state index >= 15 is 0 Å². The van der Waals surface area contributed by atoms with Gasteiger partial charge < -0.3 is 30.3 Å². The molecule has 12 rings (SSSR count). The highest BCUT2D eigenvalue weighted by Gasteiger charge is 2.46. The standard InChI is InChI=1S/C24H22N6O2.C23H20N6O2/c1-32-24(31)16-5-2-4-15(10-16)19-12-20(23-25-8-9-30(23)28-19)26-21-6-3-7-22(27-21)29-13-17-11-18(17)14-29;30-23(31)15-4-1-3-14(9-15)18-11-19(22-24-7-8-29(22)27-18)25-20-5-2-6-21(26-20)28-12-16-10-17(16)13-28/h2-10,12,17-18H,11,13-14H2,1H3,(H,26,27);1-9,11,16-17H,10,12-13H2,(H,25,26)(H,30,31). The van der Waals surface area contributed by atoms with Crippen molar-refractivity contribution in [1.29, 1.82) is 0 Å². The van der Waals surface area contributed by atoms with Crippen LogP contribution < -0.4 is 20.4 Å². The van der Waals surface area contributed by atoms with Crippen LogP contribution in [0.25, 0.3) is 33.8 Å². The number of carbonyl (C=O) groups is 2. The molecule has 0 spiro atoms. The first-order chi connectivity index (χ1) is 30.8. The third kappa shape index (κ3) is 7.71. The van der Waals surface area contributed by atoms with Gasteiger partial charge in [0, 0.05) is 62.1 Å². The number of nitrogens with zero attached hydrogens (tertiary/aromatic N) is 10. The lowest BCUT2D eigenvalue weighted by Crippen LogP contribution is -2.22. The van der Waals surface area contributed by atoms with Crippen molar-refractivity contribution in [2.45, 2.75) is 12.8 Å². The highest BCUT2D eigenvalue weighted by molar-refractivity contribution is 5.91. The van der Waals surface area contributed by atoms with Crippen molar-refractivity contribution in [3.05, 3.63) is 133 Å². The number of hydrogen-bond donors (Lipinski definition) is 3. The van der Waals surface area contributed by atoms with Crippen LogP contribution in [0.5, 0.6) is 0 Å². The molecule has 3 N–H and O–H groups in total. The maximum absolute atomic E-state index is 12.0. The molecule has 16 nitrogen and oxygen atoms in total. The lowest BCUT2D eigenvalue weighted by Gasteiger charge is -2.19. The lowest BCUT2D eigenvalue weighted by molar-refractivity contribution is 0.0599. The van der Waals surface area contributed by atoms with E-state index in [-0.39, 0.29) is 11.5 Å². The number of carboxylic acid groups (broad SMARTS) is 1. The van der Waals surface area contributed by atoms with Gasteiger partial charge in [-0.1, -0.05) is 36.4 Å². The van der Waals surface area contributed by atoms with Crippen LogP contribution in [0.2, 0.25) is 0 Å². The van der Waals surface area contributed by atoms with Gasteiger partial charge in [-0.3, -0.25) is 0 Å². The average Bonchev–Trinajstić information content (AvgIpc) is 3.82. The number of imidazole rings is 2. The van der Waals surface area contributed by atoms with Crippen LogP contribution in [0.1, 0.15) is 33.6 Å². The molecule has 0 bridgehead atoms. The zero-order chi connectivity index (χ0) is 42.6. The molecular formula is C47H42N12O4. The minimum absolute atomic E-state index is 0.220. The predicted molar refractivity (Wildman–Crippen MR) is 238 cm³/mol. The third-order valence-electron chi connectivity index (χ3n) is 12.3. The number of nitrogens with one attached hydrogen (secondary N) is 2. The van der Waals surface area contributed by atoms with Gasteiger partial charge in [0.2, 0.25) is 0 Å². The van der Waals surface area contributed by atoms with Gasteiger partial charge in [0.25, 0.3) is 0 Å². The molecular weight excluding hydrogens is 797 g/mol. The number of piperidine rings is 2. The Morgan fingerprint density at radius 3 is 1.56 bits per heavy atom. The van der Waals surface area contributed by atoms with E-state index < -0.39 is 5.97 Å². The molecule has 16 heteroatoms. The van der Waals surface area contributed by atoms with Crippen LogP contribution >= 0.6 is 0 Å². The molecule has 4 unspecified atom stereocenters. The van der Waals surface area contributed by atoms with E-state index in [9.17, 15) is 14.7 Å². The molecule has 8 aromatic rings. The Morgan fingerprint density at radius 2 is 1.08 bits per heavy atom. The predicted octanol–water partition coefficient (Wildman–Crippen LogP) is 7.47. The highest BCUT2D eigenvalue weighted by atomic mass is 16.5. The van der Waals surface area contributed by atoms with Gasteiger partial charge in [-0.2, -0.15) is 10.2 Å². The first-order valence-corrected chi connectivity index (χ1v) is 21.0. The van der Waals surface area contributed by atoms with Crippen LogP contribution in [0.3, 0.4) is 0 Å². The quantitative estimate of drug-likeness (QED) is 0.115. The second kappa shape index (κ2) is 15.5. The second-order valence-corrected chi connectivity index (χ2v) is 16.6. The van der Waals surface area contributed by atoms with Crippen molar-refractivity contribution in [3.63, 3.8) is 0 Å². The first-order valence-electron chi connectivity index (χ1n) is 21.0. The van der Waals surface area contributed by atoms with Gasteiger partial charge in [-0.25, -0.2) is 38.6 Å². The number of rotatable bonds is 10. The number of hydrogen-bond acceptors (Lipinski definition) is 13. The first kappa shape index (κ1) is 38.1. The molecule has 2 saturated carbocycles. The molecule has 314 valence electrons. The number of pyridine rings is 2. The number of aromatic carboxylic acids is 1. The number of carboxylic acids is 1. The average molecular weight is 839 g/mol. The van der Waals surface area contributed by atoms with Crippen LogP contribution in [-0.4, -0.2) is 89.5 Å². The summed E-state index contributed by atoms with van der Waals surface area (Å²) in [6.07, 6.45) is 9.69. The topological polar surface area (TPSA) is 180 Å². The molecule has 4 aliphatic rings. The molecule has 4 atom stereocenters. The molecule has 0 radical (unpaired) electrons. The number of anilines is 6. The van der Waals surface area contributed by atoms with Crippen molar-refractivity contribution >= 4 is 57.9 Å². The summed E-state index contributed by atoms with van der Waals surface area (Å²) >= 11 is 0. The fourth-order valence-corrected chi connectivity index (χ4v) is 8.82. The molecule has 63 heavy (non-hydrogen) atoms. The summed E-state index contributed by atoms with van der Waals surface area (Å²) in [7, 11) is 1.37. The molecule has 6 aromatic heterocycles. The molecule has 2 saturated heterocycles. The molecule has 2 aliphatic heterocycles. The van der Waals surface area contributed by atoms with Crippen LogP contribution in [-0.2, 0) is 4.74 Å². The molecule has 2 aromatic carbocycles. The number of fused-ring (bicyclic) bond motifs is 4. The van der Waals surface area contributed by atoms with Gasteiger partial charge in [0.05, 0.1) is 41.0 Å². The summed E-state index contributed by atoms with van der Waals surface area (Å²) < 4.78 is 8.26. The van der Waals surface area contributed by atoms with Gasteiger partial charge in [0.1, 0.15) is 23.3 Å². The normalized spacial score (nSPS) is 19.3. The summed E-state index contributed by atoms with van der Waals surface area (Å²) in [5, 5.41) is 25.4. The Hall–Kier alpha value is -7.88. The number of methoxy groups -OCH3 is 1. The van der Waals surface area contributed by atoms with Crippen molar-refractivity contribution in [1.82, 2.24) is 39.2 Å². The number of esters is 1. The lowest BCUT2D eigenvalue weighted by atomic mass is 10.1. The largest absolute Gasteiger partial charge is 0.478 e. The van der Waals surface area contributed by atoms with Crippen molar-refractivity contribution < 1.29 is 19.4 Å². The summed E-state index contributed by atoms with van der Waals surface area (Å²) in [6.45, 7) is 4.37. The van der Waals surface area contributed by atoms with E-state index in [0.717, 1.165) is 95.6 Å². The Labute approximate surface area is 361 Å². The van der Waals surface area contributed by atoms with Gasteiger partial charge in [0.15, 0.2) is 11.3 Å². The minimum Gasteiger partial charge on any atom is -0.478 e. The fourth-order valence-electron chi connectivity index (χ4n) is 8.82. The molecule has 2 aliphatic carbocycles. The summed E-state index contributed by atoms with van der Waals surface area (Å²) in [4.78, 5) is 46.6. The fraction of sp³-hybridized carbons (Fsp3) is 0.234. The number of carbonyl (C=O) groups excluding carboxylic acids is 1. The maximum Gasteiger partial charge on any atom is 0.337 e. The van der Waals surface area contributed by atoms with E-state index in [1.807, 2.05) is 54.6 Å². The second-order valence-electron chi connectivity index (χ2n) is 16.6. The number of benzene rings is 2. The smallest absolute Gasteiger partial charge is 0.337 e. The Balaban J connectivity index is 0.000000141. The summed E-state index contributed by atoms with van der Waals surface area (Å²) in [6, 6.07) is 29.8. The monoisotopic (exact) mass is 838 g/mol. The highest BCUT2D eigenvalue weighted by Crippen LogP contribution is 2.47. The van der Waals surface area contributed by atoms with Crippen molar-refractivity contribution in [2.24, 2.45) is 23.7 Å². The zero-order valence-electron chi connectivity index (χ0n) is 34.2. The Bertz CT molecular complexity index is 3040. The van der Waals surface area contributed by atoms with Gasteiger partial charge in [-0.05, 0) is 97.2 Å².